The van der Waals surface area contributed by atoms with Crippen LogP contribution in [0, 0.1) is 0 Å². The number of benzene rings is 18. The number of rotatable bonds is 14. The average molecular weight is 1580 g/mol. The van der Waals surface area contributed by atoms with Gasteiger partial charge in [0.05, 0.1) is 44.1 Å². The van der Waals surface area contributed by atoms with Crippen LogP contribution < -0.4 is 0 Å². The summed E-state index contributed by atoms with van der Waals surface area (Å²) < 4.78 is 9.54. The fourth-order valence-corrected chi connectivity index (χ4v) is 18.0. The molecule has 0 radical (unpaired) electrons. The van der Waals surface area contributed by atoms with Crippen molar-refractivity contribution in [1.29, 1.82) is 0 Å². The second-order valence-electron chi connectivity index (χ2n) is 31.3. The van der Waals surface area contributed by atoms with E-state index in [9.17, 15) is 0 Å². The topological polar surface area (TPSA) is 97.1 Å². The first-order valence-electron chi connectivity index (χ1n) is 41.9. The normalized spacial score (nSPS) is 11.5. The summed E-state index contributed by atoms with van der Waals surface area (Å²) in [6.07, 6.45) is 0. The molecule has 580 valence electrons. The smallest absolute Gasteiger partial charge is 0.164 e. The molecule has 124 heavy (non-hydrogen) atoms. The summed E-state index contributed by atoms with van der Waals surface area (Å²) in [6.45, 7) is 0. The lowest BCUT2D eigenvalue weighted by atomic mass is 10.0. The van der Waals surface area contributed by atoms with E-state index in [2.05, 4.69) is 346 Å². The quantitative estimate of drug-likeness (QED) is 0.108. The molecule has 0 aliphatic heterocycles. The maximum atomic E-state index is 5.00. The van der Waals surface area contributed by atoms with Crippen LogP contribution in [0.4, 0.5) is 0 Å². The van der Waals surface area contributed by atoms with Crippen LogP contribution in [-0.4, -0.2) is 48.2 Å². The maximum absolute atomic E-state index is 5.00. The number of aromatic nitrogens is 10. The van der Waals surface area contributed by atoms with Gasteiger partial charge in [-0.15, -0.1) is 0 Å². The van der Waals surface area contributed by atoms with Gasteiger partial charge in [0, 0.05) is 99.2 Å². The lowest BCUT2D eigenvalue weighted by Crippen LogP contribution is -2.00. The highest BCUT2D eigenvalue weighted by molar-refractivity contribution is 6.14. The van der Waals surface area contributed by atoms with Gasteiger partial charge in [0.2, 0.25) is 0 Å². The molecule has 10 heteroatoms. The third-order valence-corrected chi connectivity index (χ3v) is 23.9. The Kier molecular flexibility index (Phi) is 18.0. The van der Waals surface area contributed by atoms with Crippen molar-refractivity contribution in [2.24, 2.45) is 0 Å². The highest BCUT2D eigenvalue weighted by Gasteiger charge is 2.22. The van der Waals surface area contributed by atoms with Crippen LogP contribution in [0.1, 0.15) is 0 Å². The summed E-state index contributed by atoms with van der Waals surface area (Å²) in [5, 5.41) is 9.84. The number of hydrogen-bond donors (Lipinski definition) is 0. The number of nitrogens with zero attached hydrogens (tertiary/aromatic N) is 10. The van der Waals surface area contributed by atoms with Gasteiger partial charge in [-0.05, 0) is 160 Å². The molecule has 6 heterocycles. The molecule has 6 aromatic heterocycles. The van der Waals surface area contributed by atoms with Crippen molar-refractivity contribution in [3.05, 3.63) is 449 Å². The number of fused-ring (bicyclic) bond motifs is 12. The minimum atomic E-state index is 0.638. The monoisotopic (exact) mass is 1580 g/mol. The van der Waals surface area contributed by atoms with Gasteiger partial charge in [-0.2, -0.15) is 0 Å². The van der Waals surface area contributed by atoms with Crippen molar-refractivity contribution in [2.75, 3.05) is 0 Å². The Morgan fingerprint density at radius 1 is 0.113 bits per heavy atom. The third-order valence-electron chi connectivity index (χ3n) is 23.9. The molecule has 0 atom stereocenters. The molecule has 0 saturated heterocycles. The van der Waals surface area contributed by atoms with Gasteiger partial charge in [-0.1, -0.05) is 334 Å². The van der Waals surface area contributed by atoms with Gasteiger partial charge in [0.25, 0.3) is 0 Å². The second-order valence-corrected chi connectivity index (χ2v) is 31.3. The van der Waals surface area contributed by atoms with E-state index in [0.29, 0.717) is 34.9 Å². The summed E-state index contributed by atoms with van der Waals surface area (Å²) in [6, 6.07) is 159. The molecule has 24 aromatic rings. The van der Waals surface area contributed by atoms with Gasteiger partial charge >= 0.3 is 0 Å². The molecular formula is C114H74N10. The molecule has 0 fully saturated rings. The fourth-order valence-electron chi connectivity index (χ4n) is 18.0. The number of hydrogen-bond acceptors (Lipinski definition) is 6. The van der Waals surface area contributed by atoms with Crippen LogP contribution in [0.3, 0.4) is 0 Å². The van der Waals surface area contributed by atoms with Gasteiger partial charge in [0.15, 0.2) is 34.9 Å². The zero-order valence-corrected chi connectivity index (χ0v) is 67.2. The molecule has 0 unspecified atom stereocenters. The summed E-state index contributed by atoms with van der Waals surface area (Å²) in [5.74, 6) is 3.88. The van der Waals surface area contributed by atoms with Gasteiger partial charge in [-0.3, -0.25) is 0 Å². The Hall–Kier alpha value is -16.8. The molecular weight excluding hydrogens is 1510 g/mol. The van der Waals surface area contributed by atoms with E-state index in [4.69, 9.17) is 29.9 Å². The van der Waals surface area contributed by atoms with E-state index in [1.807, 2.05) is 121 Å². The zero-order valence-electron chi connectivity index (χ0n) is 67.2. The molecule has 0 spiro atoms. The molecule has 0 aliphatic rings. The second kappa shape index (κ2) is 30.8. The van der Waals surface area contributed by atoms with Crippen LogP contribution in [0.2, 0.25) is 0 Å². The van der Waals surface area contributed by atoms with E-state index in [-0.39, 0.29) is 0 Å². The van der Waals surface area contributed by atoms with Gasteiger partial charge in [-0.25, -0.2) is 29.9 Å². The molecule has 24 rings (SSSR count). The third kappa shape index (κ3) is 13.1. The van der Waals surface area contributed by atoms with Crippen molar-refractivity contribution >= 4 is 87.2 Å². The fraction of sp³-hybridized carbons (Fsp3) is 0. The first-order chi connectivity index (χ1) is 61.5. The summed E-state index contributed by atoms with van der Waals surface area (Å²) in [7, 11) is 0. The predicted molar refractivity (Wildman–Crippen MR) is 511 cm³/mol. The minimum absolute atomic E-state index is 0.638. The van der Waals surface area contributed by atoms with Crippen LogP contribution in [0.15, 0.2) is 449 Å². The van der Waals surface area contributed by atoms with Gasteiger partial charge in [0.1, 0.15) is 0 Å². The first-order valence-corrected chi connectivity index (χ1v) is 41.9. The lowest BCUT2D eigenvalue weighted by molar-refractivity contribution is 1.07. The maximum Gasteiger partial charge on any atom is 0.164 e. The summed E-state index contributed by atoms with van der Waals surface area (Å²) in [5.41, 5.74) is 28.9. The Morgan fingerprint density at radius 3 is 0.758 bits per heavy atom. The molecule has 18 aromatic carbocycles. The Morgan fingerprint density at radius 2 is 0.339 bits per heavy atom. The molecule has 0 saturated carbocycles. The Labute approximate surface area is 715 Å². The molecule has 0 bridgehead atoms. The number of para-hydroxylation sites is 6. The summed E-state index contributed by atoms with van der Waals surface area (Å²) in [4.78, 5) is 29.7. The summed E-state index contributed by atoms with van der Waals surface area (Å²) >= 11 is 0. The van der Waals surface area contributed by atoms with Crippen LogP contribution in [0.5, 0.6) is 0 Å². The minimum Gasteiger partial charge on any atom is -0.309 e. The van der Waals surface area contributed by atoms with E-state index in [0.717, 1.165) is 89.4 Å². The Bertz CT molecular complexity index is 8070. The molecule has 10 nitrogen and oxygen atoms in total. The zero-order chi connectivity index (χ0) is 82.0. The largest absolute Gasteiger partial charge is 0.309 e. The van der Waals surface area contributed by atoms with Crippen molar-refractivity contribution in [1.82, 2.24) is 48.2 Å². The highest BCUT2D eigenvalue weighted by Crippen LogP contribution is 2.43. The van der Waals surface area contributed by atoms with Gasteiger partial charge < -0.3 is 18.3 Å². The van der Waals surface area contributed by atoms with Crippen molar-refractivity contribution < 1.29 is 0 Å². The SMILES string of the molecule is c1ccc(-c2nc(-c3ccccc3)nc(-c3ccc(-c4ccc5c(c4)c4ccccc4n5-c4cccc(-c5ccc6c7ccccc7n(-c7ccccc7)c6c5)c4)cc3)n2)cc1.c1ccc(-c2nc(-c3ccccc3)nc(-c3cccc(-c4ccc5c(c4)c4ccccc4n5-c4ccc(-c5ccc6c7ccccc7n(-c7ccccc7)c6c5)cc4)c3)n2)cc1. The van der Waals surface area contributed by atoms with Crippen LogP contribution in [-0.2, 0) is 0 Å². The van der Waals surface area contributed by atoms with E-state index >= 15 is 0 Å². The lowest BCUT2D eigenvalue weighted by Gasteiger charge is -2.12. The highest BCUT2D eigenvalue weighted by atomic mass is 15.1. The van der Waals surface area contributed by atoms with Crippen molar-refractivity contribution in [3.8, 4) is 136 Å². The van der Waals surface area contributed by atoms with E-state index in [1.54, 1.807) is 0 Å². The Balaban J connectivity index is 0.000000143. The predicted octanol–water partition coefficient (Wildman–Crippen LogP) is 28.8. The standard InChI is InChI=1S/2C57H37N5/c1-4-15-39(16-5-1)55-58-56(40-17-6-2-7-18-40)60-57(59-55)44-20-14-19-41(35-44)42-30-34-53-50(36-42)48-24-11-13-26-52(48)61(53)46-31-27-38(28-32-46)43-29-33-49-47-23-10-12-25-51(47)62(54(49)37-43)45-21-8-3-9-22-45;1-4-15-39(16-5-1)55-58-56(40-17-6-2-7-18-40)60-57(59-55)41-29-27-38(28-30-41)43-32-34-53-50(36-43)48-24-11-13-26-52(48)62(53)46-22-14-19-42(35-46)44-31-33-49-47-23-10-12-25-51(47)61(54(49)37-44)45-20-8-3-9-21-45/h2*1-37H. The van der Waals surface area contributed by atoms with Crippen molar-refractivity contribution in [2.45, 2.75) is 0 Å². The van der Waals surface area contributed by atoms with E-state index < -0.39 is 0 Å². The van der Waals surface area contributed by atoms with Crippen molar-refractivity contribution in [3.63, 3.8) is 0 Å². The molecule has 0 N–H and O–H groups in total. The van der Waals surface area contributed by atoms with Crippen LogP contribution >= 0.6 is 0 Å². The molecule has 0 amide bonds. The average Bonchev–Trinajstić information content (AvgIpc) is 1.60. The van der Waals surface area contributed by atoms with E-state index in [1.165, 1.54) is 98.4 Å². The molecule has 0 aliphatic carbocycles. The van der Waals surface area contributed by atoms with Crippen LogP contribution in [0.25, 0.3) is 223 Å². The first kappa shape index (κ1) is 72.4.